The third-order valence-corrected chi connectivity index (χ3v) is 1.09. The van der Waals surface area contributed by atoms with E-state index in [1.54, 1.807) is 0 Å². The Labute approximate surface area is 129 Å². The van der Waals surface area contributed by atoms with Crippen LogP contribution in [0.15, 0.2) is 0 Å². The zero-order chi connectivity index (χ0) is 12.4. The Morgan fingerprint density at radius 3 is 0.667 bits per heavy atom. The van der Waals surface area contributed by atoms with Crippen molar-refractivity contribution in [3.8, 4) is 0 Å². The lowest BCUT2D eigenvalue weighted by atomic mass is 10.5. The third kappa shape index (κ3) is 92.4. The number of rotatable bonds is 6. The Kier molecular flexibility index (Phi) is 106. The smallest absolute Gasteiger partial charge is 0.0443 e. The summed E-state index contributed by atoms with van der Waals surface area (Å²) in [6.45, 7) is 2.44. The van der Waals surface area contributed by atoms with Crippen LogP contribution in [0.25, 0.3) is 0 Å². The lowest BCUT2D eigenvalue weighted by molar-refractivity contribution is 0.290. The van der Waals surface area contributed by atoms with Crippen LogP contribution in [-0.2, 0) is 0 Å². The molecule has 0 heterocycles. The fraction of sp³-hybridized carbons (Fsp3) is 1.00. The van der Waals surface area contributed by atoms with Crippen molar-refractivity contribution in [2.24, 2.45) is 17.2 Å². The molecule has 0 bridgehead atoms. The van der Waals surface area contributed by atoms with Crippen molar-refractivity contribution >= 4 is 37.2 Å². The largest absolute Gasteiger partial charge is 0.396 e. The SMILES string of the molecule is Cl.Cl.Cl.NCCCO.NCCCO.NCCCO. The van der Waals surface area contributed by atoms with Gasteiger partial charge < -0.3 is 32.5 Å². The number of nitrogens with two attached hydrogens (primary N) is 3. The molecule has 0 saturated heterocycles. The zero-order valence-corrected chi connectivity index (χ0v) is 13.1. The molecule has 120 valence electrons. The van der Waals surface area contributed by atoms with Gasteiger partial charge in [0.1, 0.15) is 0 Å². The maximum Gasteiger partial charge on any atom is 0.0443 e. The summed E-state index contributed by atoms with van der Waals surface area (Å²) in [5.74, 6) is 0. The van der Waals surface area contributed by atoms with Crippen LogP contribution in [0.5, 0.6) is 0 Å². The summed E-state index contributed by atoms with van der Waals surface area (Å²) in [6, 6.07) is 0. The Balaban J connectivity index is -0.0000000277. The van der Waals surface area contributed by atoms with Crippen LogP contribution in [0.1, 0.15) is 19.3 Å². The average molecular weight is 335 g/mol. The Morgan fingerprint density at radius 2 is 0.667 bits per heavy atom. The van der Waals surface area contributed by atoms with Crippen molar-refractivity contribution < 1.29 is 15.3 Å². The summed E-state index contributed by atoms with van der Waals surface area (Å²) < 4.78 is 0. The van der Waals surface area contributed by atoms with Gasteiger partial charge in [-0.3, -0.25) is 0 Å². The third-order valence-electron chi connectivity index (χ3n) is 1.09. The summed E-state index contributed by atoms with van der Waals surface area (Å²) in [5, 5.41) is 24.0. The minimum absolute atomic E-state index is 0. The fourth-order valence-electron chi connectivity index (χ4n) is 0.274. The van der Waals surface area contributed by atoms with Crippen molar-refractivity contribution in [3.63, 3.8) is 0 Å². The Hall–Kier alpha value is 0.630. The van der Waals surface area contributed by atoms with E-state index in [-0.39, 0.29) is 57.0 Å². The molecule has 0 unspecified atom stereocenters. The molecule has 0 aliphatic carbocycles. The number of halogens is 3. The van der Waals surface area contributed by atoms with Gasteiger partial charge in [-0.05, 0) is 38.9 Å². The van der Waals surface area contributed by atoms with Gasteiger partial charge in [0.25, 0.3) is 0 Å². The first kappa shape index (κ1) is 36.3. The highest BCUT2D eigenvalue weighted by Crippen LogP contribution is 1.62. The second kappa shape index (κ2) is 52.6. The van der Waals surface area contributed by atoms with E-state index in [9.17, 15) is 0 Å². The van der Waals surface area contributed by atoms with Gasteiger partial charge >= 0.3 is 0 Å². The molecule has 9 heteroatoms. The van der Waals surface area contributed by atoms with Crippen molar-refractivity contribution in [2.45, 2.75) is 19.3 Å². The molecule has 0 atom stereocenters. The summed E-state index contributed by atoms with van der Waals surface area (Å²) in [5.41, 5.74) is 14.9. The first-order chi connectivity index (χ1) is 7.24. The maximum atomic E-state index is 7.99. The molecule has 0 aliphatic rings. The van der Waals surface area contributed by atoms with Gasteiger partial charge in [-0.1, -0.05) is 0 Å². The van der Waals surface area contributed by atoms with Crippen molar-refractivity contribution in [2.75, 3.05) is 39.5 Å². The van der Waals surface area contributed by atoms with Crippen LogP contribution >= 0.6 is 37.2 Å². The summed E-state index contributed by atoms with van der Waals surface area (Å²) in [4.78, 5) is 0. The molecule has 0 rings (SSSR count). The predicted molar refractivity (Wildman–Crippen MR) is 84.0 cm³/mol. The lowest BCUT2D eigenvalue weighted by Crippen LogP contribution is -1.99. The van der Waals surface area contributed by atoms with Gasteiger partial charge in [0, 0.05) is 19.8 Å². The number of hydrogen-bond acceptors (Lipinski definition) is 6. The van der Waals surface area contributed by atoms with Crippen LogP contribution in [0.3, 0.4) is 0 Å². The second-order valence-electron chi connectivity index (χ2n) is 2.60. The van der Waals surface area contributed by atoms with Crippen LogP contribution in [0.4, 0.5) is 0 Å². The second-order valence-corrected chi connectivity index (χ2v) is 2.60. The molecule has 0 aromatic heterocycles. The molecular formula is C9H30Cl3N3O3. The zero-order valence-electron chi connectivity index (χ0n) is 10.7. The summed E-state index contributed by atoms with van der Waals surface area (Å²) >= 11 is 0. The number of aliphatic hydroxyl groups is 3. The maximum absolute atomic E-state index is 7.99. The highest BCUT2D eigenvalue weighted by Gasteiger charge is 1.69. The minimum atomic E-state index is 0. The van der Waals surface area contributed by atoms with Gasteiger partial charge in [-0.15, -0.1) is 37.2 Å². The molecule has 0 aromatic carbocycles. The molecule has 0 aliphatic heterocycles. The van der Waals surface area contributed by atoms with E-state index in [4.69, 9.17) is 32.5 Å². The Bertz CT molecular complexity index is 69.1. The van der Waals surface area contributed by atoms with Gasteiger partial charge in [0.15, 0.2) is 0 Å². The van der Waals surface area contributed by atoms with E-state index in [1.807, 2.05) is 0 Å². The van der Waals surface area contributed by atoms with Crippen LogP contribution < -0.4 is 17.2 Å². The highest BCUT2D eigenvalue weighted by atomic mass is 35.5. The van der Waals surface area contributed by atoms with Crippen molar-refractivity contribution in [1.82, 2.24) is 0 Å². The lowest BCUT2D eigenvalue weighted by Gasteiger charge is -1.80. The van der Waals surface area contributed by atoms with Gasteiger partial charge in [0.2, 0.25) is 0 Å². The summed E-state index contributed by atoms with van der Waals surface area (Å²) in [6.07, 6.45) is 2.17. The highest BCUT2D eigenvalue weighted by molar-refractivity contribution is 5.86. The molecule has 6 nitrogen and oxygen atoms in total. The molecule has 0 spiro atoms. The topological polar surface area (TPSA) is 139 Å². The van der Waals surface area contributed by atoms with E-state index in [0.29, 0.717) is 19.6 Å². The van der Waals surface area contributed by atoms with Crippen LogP contribution in [0.2, 0.25) is 0 Å². The minimum Gasteiger partial charge on any atom is -0.396 e. The van der Waals surface area contributed by atoms with E-state index < -0.39 is 0 Å². The predicted octanol–water partition coefficient (Wildman–Crippen LogP) is -0.752. The molecule has 9 N–H and O–H groups in total. The first-order valence-electron chi connectivity index (χ1n) is 5.17. The molecule has 0 saturated carbocycles. The molecule has 18 heavy (non-hydrogen) atoms. The van der Waals surface area contributed by atoms with Gasteiger partial charge in [0.05, 0.1) is 0 Å². The van der Waals surface area contributed by atoms with E-state index >= 15 is 0 Å². The van der Waals surface area contributed by atoms with E-state index in [1.165, 1.54) is 0 Å². The number of aliphatic hydroxyl groups excluding tert-OH is 3. The van der Waals surface area contributed by atoms with Crippen molar-refractivity contribution in [1.29, 1.82) is 0 Å². The summed E-state index contributed by atoms with van der Waals surface area (Å²) in [7, 11) is 0. The van der Waals surface area contributed by atoms with Crippen LogP contribution in [0, 0.1) is 0 Å². The van der Waals surface area contributed by atoms with E-state index in [0.717, 1.165) is 19.3 Å². The van der Waals surface area contributed by atoms with Crippen LogP contribution in [-0.4, -0.2) is 54.8 Å². The molecule has 0 radical (unpaired) electrons. The monoisotopic (exact) mass is 333 g/mol. The quantitative estimate of drug-likeness (QED) is 0.378. The fourth-order valence-corrected chi connectivity index (χ4v) is 0.274. The Morgan fingerprint density at radius 1 is 0.500 bits per heavy atom. The molecule has 0 fully saturated rings. The first-order valence-corrected chi connectivity index (χ1v) is 5.17. The van der Waals surface area contributed by atoms with E-state index in [2.05, 4.69) is 0 Å². The normalized spacial score (nSPS) is 7.00. The molecule has 0 amide bonds. The molecule has 0 aromatic rings. The van der Waals surface area contributed by atoms with Crippen molar-refractivity contribution in [3.05, 3.63) is 0 Å². The number of hydrogen-bond donors (Lipinski definition) is 6. The standard InChI is InChI=1S/3C3H9NO.3ClH/c3*4-2-1-3-5;;;/h3*5H,1-4H2;3*1H. The van der Waals surface area contributed by atoms with Gasteiger partial charge in [-0.2, -0.15) is 0 Å². The average Bonchev–Trinajstić information content (AvgIpc) is 2.23. The van der Waals surface area contributed by atoms with Gasteiger partial charge in [-0.25, -0.2) is 0 Å². The molecular weight excluding hydrogens is 304 g/mol.